The van der Waals surface area contributed by atoms with Crippen LogP contribution in [0.4, 0.5) is 0 Å². The zero-order valence-electron chi connectivity index (χ0n) is 16.0. The van der Waals surface area contributed by atoms with Gasteiger partial charge in [0, 0.05) is 12.5 Å². The molecule has 0 aliphatic heterocycles. The first kappa shape index (κ1) is 23.7. The lowest BCUT2D eigenvalue weighted by molar-refractivity contribution is -0.178. The highest BCUT2D eigenvalue weighted by Gasteiger charge is 2.51. The van der Waals surface area contributed by atoms with E-state index >= 15 is 0 Å². The summed E-state index contributed by atoms with van der Waals surface area (Å²) in [4.78, 5) is 12.7. The lowest BCUT2D eigenvalue weighted by Gasteiger charge is -2.34. The molecule has 0 aliphatic rings. The average Bonchev–Trinajstić information content (AvgIpc) is 2.61. The first-order valence-electron chi connectivity index (χ1n) is 8.83. The largest absolute Gasteiger partial charge is 0.464 e. The maximum atomic E-state index is 12.7. The van der Waals surface area contributed by atoms with Gasteiger partial charge in [-0.3, -0.25) is 4.18 Å². The van der Waals surface area contributed by atoms with Crippen LogP contribution in [0.2, 0.25) is 0 Å². The van der Waals surface area contributed by atoms with Gasteiger partial charge in [-0.2, -0.15) is 8.42 Å². The first-order chi connectivity index (χ1) is 12.8. The predicted octanol–water partition coefficient (Wildman–Crippen LogP) is 2.57. The third-order valence-corrected chi connectivity index (χ3v) is 5.36. The van der Waals surface area contributed by atoms with E-state index in [1.54, 1.807) is 13.8 Å². The summed E-state index contributed by atoms with van der Waals surface area (Å²) < 4.78 is 50.4. The topological polar surface area (TPSA) is 96.0 Å². The molecule has 0 heterocycles. The summed E-state index contributed by atoms with van der Waals surface area (Å²) in [5.41, 5.74) is -0.495. The van der Waals surface area contributed by atoms with E-state index in [1.165, 1.54) is 0 Å². The van der Waals surface area contributed by atoms with Gasteiger partial charge in [0.25, 0.3) is 10.1 Å². The number of esters is 1. The molecule has 0 saturated heterocycles. The van der Waals surface area contributed by atoms with E-state index in [-0.39, 0.29) is 26.0 Å². The van der Waals surface area contributed by atoms with Crippen LogP contribution in [0.15, 0.2) is 30.3 Å². The van der Waals surface area contributed by atoms with Crippen molar-refractivity contribution in [3.05, 3.63) is 35.9 Å². The Balaban J connectivity index is 3.20. The summed E-state index contributed by atoms with van der Waals surface area (Å²) in [5.74, 6) is -1.29. The Morgan fingerprint density at radius 1 is 1.19 bits per heavy atom. The fourth-order valence-corrected chi connectivity index (χ4v) is 4.03. The van der Waals surface area contributed by atoms with E-state index < -0.39 is 36.1 Å². The quantitative estimate of drug-likeness (QED) is 0.275. The third-order valence-electron chi connectivity index (χ3n) is 4.12. The molecule has 7 nitrogen and oxygen atoms in total. The average molecular weight is 419 g/mol. The second kappa shape index (κ2) is 11.5. The molecule has 0 fully saturated rings. The summed E-state index contributed by atoms with van der Waals surface area (Å²) in [5, 5.41) is 0. The minimum Gasteiger partial charge on any atom is -0.464 e. The van der Waals surface area contributed by atoms with Crippen LogP contribution in [0.5, 0.6) is 0 Å². The van der Waals surface area contributed by atoms with Gasteiger partial charge in [-0.1, -0.05) is 34.9 Å². The molecule has 1 aromatic rings. The van der Waals surface area contributed by atoms with Gasteiger partial charge in [0.05, 0.1) is 19.5 Å². The maximum Gasteiger partial charge on any atom is 0.343 e. The van der Waals surface area contributed by atoms with Crippen molar-refractivity contribution >= 4 is 24.5 Å². The highest BCUT2D eigenvalue weighted by atomic mass is 32.2. The lowest BCUT2D eigenvalue weighted by atomic mass is 9.84. The number of carbonyl (C=O) groups is 1. The molecule has 0 aromatic heterocycles. The van der Waals surface area contributed by atoms with Crippen LogP contribution in [0, 0.1) is 5.92 Å². The van der Waals surface area contributed by atoms with Crippen LogP contribution >= 0.6 is 8.46 Å². The maximum absolute atomic E-state index is 12.7. The number of rotatable bonds is 13. The Kier molecular flexibility index (Phi) is 10.1. The van der Waals surface area contributed by atoms with E-state index in [2.05, 4.69) is 0 Å². The van der Waals surface area contributed by atoms with Gasteiger partial charge in [0.1, 0.15) is 0 Å². The van der Waals surface area contributed by atoms with Gasteiger partial charge in [-0.15, -0.1) is 0 Å². The summed E-state index contributed by atoms with van der Waals surface area (Å²) in [6.45, 7) is 3.45. The van der Waals surface area contributed by atoms with Crippen molar-refractivity contribution in [2.45, 2.75) is 32.3 Å². The fourth-order valence-electron chi connectivity index (χ4n) is 2.87. The fraction of sp³-hybridized carbons (Fsp3) is 0.611. The minimum atomic E-state index is -3.71. The number of hydrogen-bond donors (Lipinski definition) is 0. The van der Waals surface area contributed by atoms with Crippen LogP contribution in [-0.2, 0) is 39.6 Å². The Hall–Kier alpha value is -1.34. The molecule has 9 heteroatoms. The molecule has 1 rings (SSSR count). The van der Waals surface area contributed by atoms with Gasteiger partial charge in [0.2, 0.25) is 5.60 Å². The van der Waals surface area contributed by atoms with Crippen LogP contribution in [0.1, 0.15) is 25.8 Å². The number of ether oxygens (including phenoxy) is 2. The van der Waals surface area contributed by atoms with E-state index in [9.17, 15) is 17.8 Å². The zero-order valence-corrected chi connectivity index (χ0v) is 17.8. The van der Waals surface area contributed by atoms with Crippen molar-refractivity contribution < 1.29 is 31.4 Å². The van der Waals surface area contributed by atoms with Crippen molar-refractivity contribution in [2.24, 2.45) is 5.92 Å². The second-order valence-corrected chi connectivity index (χ2v) is 8.36. The van der Waals surface area contributed by atoms with Gasteiger partial charge in [0.15, 0.2) is 6.16 Å². The van der Waals surface area contributed by atoms with Crippen molar-refractivity contribution in [2.75, 3.05) is 32.2 Å². The van der Waals surface area contributed by atoms with Crippen molar-refractivity contribution in [1.29, 1.82) is 0 Å². The van der Waals surface area contributed by atoms with E-state index in [4.69, 9.17) is 13.7 Å². The number of benzene rings is 1. The molecular weight excluding hydrogens is 391 g/mol. The van der Waals surface area contributed by atoms with Gasteiger partial charge >= 0.3 is 14.4 Å². The Bertz CT molecular complexity index is 693. The molecule has 0 aliphatic carbocycles. The smallest absolute Gasteiger partial charge is 0.343 e. The van der Waals surface area contributed by atoms with Gasteiger partial charge in [-0.25, -0.2) is 4.79 Å². The van der Waals surface area contributed by atoms with E-state index in [0.29, 0.717) is 12.8 Å². The highest BCUT2D eigenvalue weighted by Crippen LogP contribution is 2.32. The number of aryl methyl sites for hydroxylation is 1. The molecule has 3 atom stereocenters. The molecule has 3 unspecified atom stereocenters. The summed E-state index contributed by atoms with van der Waals surface area (Å²) >= 11 is 0. The Labute approximate surface area is 162 Å². The Morgan fingerprint density at radius 2 is 1.85 bits per heavy atom. The lowest BCUT2D eigenvalue weighted by Crippen LogP contribution is -2.53. The van der Waals surface area contributed by atoms with Crippen molar-refractivity contribution in [3.8, 4) is 0 Å². The first-order valence-corrected chi connectivity index (χ1v) is 11.8. The SMILES string of the molecule is CCOC(=O)C(C[PH+]=O)(OCC)C(CCc1ccccc1)COS(C)(=O)=O. The summed E-state index contributed by atoms with van der Waals surface area (Å²) in [6, 6.07) is 9.58. The van der Waals surface area contributed by atoms with Crippen LogP contribution < -0.4 is 0 Å². The molecule has 0 radical (unpaired) electrons. The normalized spacial score (nSPS) is 15.2. The standard InChI is InChI=1S/C18H27O7PS/c1-4-23-17(19)18(14-26-20,24-5-2)16(13-25-27(3,21)22)12-11-15-9-7-6-8-10-15/h6-10,16H,4-5,11-14H2,1-3H3/p+1. The summed E-state index contributed by atoms with van der Waals surface area (Å²) in [6.07, 6.45) is 1.84. The molecular formula is C18H28O7PS+. The second-order valence-electron chi connectivity index (χ2n) is 6.07. The molecule has 0 N–H and O–H groups in total. The highest BCUT2D eigenvalue weighted by molar-refractivity contribution is 7.85. The predicted molar refractivity (Wildman–Crippen MR) is 104 cm³/mol. The van der Waals surface area contributed by atoms with Crippen molar-refractivity contribution in [1.82, 2.24) is 0 Å². The molecule has 27 heavy (non-hydrogen) atoms. The molecule has 0 bridgehead atoms. The van der Waals surface area contributed by atoms with Gasteiger partial charge in [-0.05, 0) is 32.3 Å². The Morgan fingerprint density at radius 3 is 2.37 bits per heavy atom. The minimum absolute atomic E-state index is 0.0910. The van der Waals surface area contributed by atoms with Crippen LogP contribution in [0.3, 0.4) is 0 Å². The molecule has 1 aromatic carbocycles. The zero-order chi connectivity index (χ0) is 20.3. The van der Waals surface area contributed by atoms with Crippen LogP contribution in [-0.4, -0.2) is 52.2 Å². The number of hydrogen-bond acceptors (Lipinski definition) is 7. The monoisotopic (exact) mass is 419 g/mol. The molecule has 0 spiro atoms. The van der Waals surface area contributed by atoms with E-state index in [0.717, 1.165) is 11.8 Å². The van der Waals surface area contributed by atoms with Crippen molar-refractivity contribution in [3.63, 3.8) is 0 Å². The van der Waals surface area contributed by atoms with E-state index in [1.807, 2.05) is 30.3 Å². The molecule has 0 saturated carbocycles. The molecule has 0 amide bonds. The summed E-state index contributed by atoms with van der Waals surface area (Å²) in [7, 11) is -4.52. The number of carbonyl (C=O) groups excluding carboxylic acids is 1. The molecule has 152 valence electrons. The van der Waals surface area contributed by atoms with Gasteiger partial charge < -0.3 is 9.47 Å². The van der Waals surface area contributed by atoms with Crippen LogP contribution in [0.25, 0.3) is 0 Å². The third kappa shape index (κ3) is 7.66.